The Morgan fingerprint density at radius 1 is 0.216 bits per heavy atom. The molecule has 111 heavy (non-hydrogen) atoms. The van der Waals surface area contributed by atoms with Crippen LogP contribution < -0.4 is 0 Å². The van der Waals surface area contributed by atoms with E-state index in [1.54, 1.807) is 0 Å². The fourth-order valence-corrected chi connectivity index (χ4v) is 24.9. The first kappa shape index (κ1) is 109. The Kier molecular flexibility index (Phi) is 48.5. The van der Waals surface area contributed by atoms with Gasteiger partial charge in [0.2, 0.25) is 0 Å². The van der Waals surface area contributed by atoms with Crippen LogP contribution in [0.4, 0.5) is 0 Å². The van der Waals surface area contributed by atoms with E-state index >= 15 is 0 Å². The number of nitrogens with zero attached hydrogens (tertiary/aromatic N) is 9. The van der Waals surface area contributed by atoms with Crippen molar-refractivity contribution < 1.29 is 40.3 Å². The fourth-order valence-electron chi connectivity index (χ4n) is 24.9. The molecule has 9 nitrogen and oxygen atoms in total. The van der Waals surface area contributed by atoms with Crippen LogP contribution in [0, 0.1) is 82.9 Å². The summed E-state index contributed by atoms with van der Waals surface area (Å²) in [5.74, 6) is 12.5. The van der Waals surface area contributed by atoms with E-state index in [4.69, 9.17) is 0 Å². The van der Waals surface area contributed by atoms with E-state index in [0.29, 0.717) is 0 Å². The number of piperidine rings is 9. The predicted octanol–water partition coefficient (Wildman–Crippen LogP) is 24.4. The number of rotatable bonds is 15. The highest BCUT2D eigenvalue weighted by atomic mass is 15.4. The van der Waals surface area contributed by atoms with E-state index < -0.39 is 0 Å². The van der Waals surface area contributed by atoms with Crippen molar-refractivity contribution in [2.75, 3.05) is 175 Å². The monoisotopic (exact) mass is 1570 g/mol. The lowest BCUT2D eigenvalue weighted by Gasteiger charge is -2.55. The van der Waals surface area contributed by atoms with Gasteiger partial charge in [0.1, 0.15) is 0 Å². The SMILES string of the molecule is CCC[N+]1(C)C(C)C(C)C(C)C(C)C1C.CCC[N+]1(C)C(C)C(C)CC(C)C1C.CCC[N+]1(C)C(C)CCC(C)C1C.CCC[N+]1(C)CC(C)C(C)C(C)C1C.CCC[N+]1(C)CC(C)CC(C)C1C.CCC[N+]1(C)CCC(C)C(C)C1C.CC[N+]1(C)CCCC(C)C1.CC[N+]1(C)CCCCC1.CC[N+]1(C)CCCCC1C. The summed E-state index contributed by atoms with van der Waals surface area (Å²) in [5, 5.41) is 0. The van der Waals surface area contributed by atoms with Crippen LogP contribution in [0.1, 0.15) is 350 Å². The molecule has 0 saturated carbocycles. The van der Waals surface area contributed by atoms with Crippen LogP contribution in [0.15, 0.2) is 0 Å². The van der Waals surface area contributed by atoms with Crippen molar-refractivity contribution in [1.29, 1.82) is 0 Å². The summed E-state index contributed by atoms with van der Waals surface area (Å²) < 4.78 is 11.7. The van der Waals surface area contributed by atoms with Gasteiger partial charge in [-0.2, -0.15) is 0 Å². The maximum absolute atomic E-state index is 2.47. The Labute approximate surface area is 704 Å². The Morgan fingerprint density at radius 3 is 1.05 bits per heavy atom. The molecule has 9 heteroatoms. The van der Waals surface area contributed by atoms with E-state index in [2.05, 4.69) is 292 Å². The van der Waals surface area contributed by atoms with Crippen LogP contribution in [0.25, 0.3) is 0 Å². The summed E-state index contributed by atoms with van der Waals surface area (Å²) in [4.78, 5) is 0. The number of quaternary nitrogens is 9. The summed E-state index contributed by atoms with van der Waals surface area (Å²) in [7, 11) is 21.9. The second-order valence-electron chi connectivity index (χ2n) is 45.0. The highest BCUT2D eigenvalue weighted by molar-refractivity contribution is 4.85. The average molecular weight is 1570 g/mol. The molecule has 9 rings (SSSR count). The molecule has 0 N–H and O–H groups in total. The van der Waals surface area contributed by atoms with Crippen LogP contribution in [0.5, 0.6) is 0 Å². The molecule has 0 aliphatic carbocycles. The lowest BCUT2D eigenvalue weighted by atomic mass is 9.71. The highest BCUT2D eigenvalue weighted by Crippen LogP contribution is 2.43. The Hall–Kier alpha value is -0.360. The topological polar surface area (TPSA) is 0 Å². The van der Waals surface area contributed by atoms with Gasteiger partial charge in [0.15, 0.2) is 0 Å². The Morgan fingerprint density at radius 2 is 0.622 bits per heavy atom. The second-order valence-corrected chi connectivity index (χ2v) is 45.0. The van der Waals surface area contributed by atoms with Crippen LogP contribution in [0.3, 0.4) is 0 Å². The molecule has 0 amide bonds. The summed E-state index contributed by atoms with van der Waals surface area (Å²) in [6.45, 7) is 102. The van der Waals surface area contributed by atoms with E-state index in [9.17, 15) is 0 Å². The molecule has 9 aliphatic rings. The standard InChI is InChI=1S/C14H30N.2C13H28N.3C12H26N.2C9H20N.C8H18N/c1-8-9-15(7)13(5)11(3)10(2)12(4)14(15)6;1-7-8-14(6)9-10(2)11(3)12(4)13(14)5;1-7-8-14(6)12(4)10(2)9-11(3)13(14)5;1-6-9-13(5)11(3)8-7-10(2)12(13)4;1-6-8-13(5)9-7-10(2)11(3)12(13)4;1-6-7-13(5)9-10(2)8-11(3)12(13)4;1-4-10(3)7-5-6-9(2)8-10;1-4-10(3)8-6-5-7-9(10)2;1-3-9(2)7-5-4-6-8-9/h10-14H,8-9H2,1-7H3;2*10-13H,7-9H2,1-6H3;3*10-12H,6-9H2,1-5H3;2*9H,4-8H2,1-3H3;3-8H2,1-2H3/q9*+1. The van der Waals surface area contributed by atoms with Crippen molar-refractivity contribution in [2.24, 2.45) is 82.9 Å². The van der Waals surface area contributed by atoms with Gasteiger partial charge >= 0.3 is 0 Å². The van der Waals surface area contributed by atoms with Gasteiger partial charge in [-0.15, -0.1) is 0 Å². The smallest absolute Gasteiger partial charge is 0.0890 e. The maximum atomic E-state index is 2.47. The average Bonchev–Trinajstić information content (AvgIpc) is 0.770. The van der Waals surface area contributed by atoms with Crippen molar-refractivity contribution in [2.45, 2.75) is 411 Å². The first-order valence-electron chi connectivity index (χ1n) is 49.9. The van der Waals surface area contributed by atoms with Gasteiger partial charge in [0.25, 0.3) is 0 Å². The molecule has 0 bridgehead atoms. The first-order valence-corrected chi connectivity index (χ1v) is 49.9. The zero-order valence-electron chi connectivity index (χ0n) is 85.3. The van der Waals surface area contributed by atoms with Gasteiger partial charge in [0, 0.05) is 65.1 Å². The van der Waals surface area contributed by atoms with Crippen LogP contribution in [-0.4, -0.2) is 275 Å². The van der Waals surface area contributed by atoms with Gasteiger partial charge in [-0.3, -0.25) is 0 Å². The largest absolute Gasteiger partial charge is 0.326 e. The van der Waals surface area contributed by atoms with Gasteiger partial charge in [-0.05, 0) is 230 Å². The molecule has 0 spiro atoms. The number of likely N-dealkylation sites (tertiary alicyclic amines) is 9. The third-order valence-corrected chi connectivity index (χ3v) is 37.5. The second kappa shape index (κ2) is 49.5. The lowest BCUT2D eigenvalue weighted by molar-refractivity contribution is -0.966. The van der Waals surface area contributed by atoms with Gasteiger partial charge < -0.3 is 40.3 Å². The molecule has 666 valence electrons. The minimum Gasteiger partial charge on any atom is -0.326 e. The summed E-state index contributed by atoms with van der Waals surface area (Å²) >= 11 is 0. The van der Waals surface area contributed by atoms with Crippen molar-refractivity contribution in [3.05, 3.63) is 0 Å². The van der Waals surface area contributed by atoms with Crippen LogP contribution in [-0.2, 0) is 0 Å². The molecule has 29 unspecified atom stereocenters. The zero-order valence-corrected chi connectivity index (χ0v) is 85.3. The molecule has 0 radical (unpaired) electrons. The zero-order chi connectivity index (χ0) is 85.8. The quantitative estimate of drug-likeness (QED) is 0.143. The molecule has 9 heterocycles. The Bertz CT molecular complexity index is 2380. The molecule has 9 saturated heterocycles. The lowest BCUT2D eigenvalue weighted by Crippen LogP contribution is -2.66. The van der Waals surface area contributed by atoms with Gasteiger partial charge in [0.05, 0.1) is 235 Å². The minimum atomic E-state index is 0.811. The van der Waals surface area contributed by atoms with Gasteiger partial charge in [-0.1, -0.05) is 138 Å². The van der Waals surface area contributed by atoms with E-state index in [0.717, 1.165) is 143 Å². The molecule has 9 aliphatic heterocycles. The highest BCUT2D eigenvalue weighted by Gasteiger charge is 2.50. The molecule has 29 atom stereocenters. The molecule has 0 aromatic rings. The summed E-state index contributed by atoms with van der Waals surface area (Å²) in [5.41, 5.74) is 0. The fraction of sp³-hybridized carbons (Fsp3) is 1.00. The van der Waals surface area contributed by atoms with Crippen molar-refractivity contribution in [3.8, 4) is 0 Å². The molecule has 0 aromatic heterocycles. The van der Waals surface area contributed by atoms with Gasteiger partial charge in [-0.25, -0.2) is 0 Å². The third kappa shape index (κ3) is 30.6. The molecular weight excluding hydrogens is 1350 g/mol. The summed E-state index contributed by atoms with van der Waals surface area (Å²) in [6.07, 6.45) is 26.6. The van der Waals surface area contributed by atoms with E-state index in [-0.39, 0.29) is 0 Å². The predicted molar refractivity (Wildman–Crippen MR) is 500 cm³/mol. The molecular formula is C102H222N9+9. The van der Waals surface area contributed by atoms with Crippen molar-refractivity contribution in [3.63, 3.8) is 0 Å². The summed E-state index contributed by atoms with van der Waals surface area (Å²) in [6, 6.07) is 8.45. The number of hydrogen-bond donors (Lipinski definition) is 0. The van der Waals surface area contributed by atoms with Crippen LogP contribution in [0.2, 0.25) is 0 Å². The van der Waals surface area contributed by atoms with Crippen LogP contribution >= 0.6 is 0 Å². The van der Waals surface area contributed by atoms with E-state index in [1.165, 1.54) is 274 Å². The first-order chi connectivity index (χ1) is 51.3. The third-order valence-electron chi connectivity index (χ3n) is 37.5. The molecule has 9 fully saturated rings. The number of hydrogen-bond acceptors (Lipinski definition) is 0. The molecule has 0 aromatic carbocycles. The van der Waals surface area contributed by atoms with Crippen molar-refractivity contribution >= 4 is 0 Å². The minimum absolute atomic E-state index is 0.811. The Balaban J connectivity index is 0.000000627. The van der Waals surface area contributed by atoms with Crippen molar-refractivity contribution in [1.82, 2.24) is 0 Å². The normalized spacial score (nSPS) is 45.4. The maximum Gasteiger partial charge on any atom is 0.0890 e. The van der Waals surface area contributed by atoms with E-state index in [1.807, 2.05) is 0 Å².